The minimum atomic E-state index is -3.28. The van der Waals surface area contributed by atoms with E-state index >= 15 is 10.2 Å². The fourth-order valence-corrected chi connectivity index (χ4v) is 16.1. The average Bonchev–Trinajstić information content (AvgIpc) is 3.58. The van der Waals surface area contributed by atoms with Gasteiger partial charge in [-0.3, -0.25) is 4.63 Å². The van der Waals surface area contributed by atoms with Crippen LogP contribution in [-0.2, 0) is 0 Å². The van der Waals surface area contributed by atoms with E-state index < -0.39 is 26.0 Å². The largest absolute Gasteiger partial charge is 0.867 e. The van der Waals surface area contributed by atoms with Crippen molar-refractivity contribution in [2.75, 3.05) is 0 Å². The summed E-state index contributed by atoms with van der Waals surface area (Å²) in [5.41, 5.74) is -0.301. The summed E-state index contributed by atoms with van der Waals surface area (Å²) in [5, 5.41) is 54.8. The van der Waals surface area contributed by atoms with Crippen LogP contribution >= 0.6 is 14.5 Å². The van der Waals surface area contributed by atoms with Crippen LogP contribution in [0.25, 0.3) is 11.0 Å². The lowest BCUT2D eigenvalue weighted by molar-refractivity contribution is -0.783. The van der Waals surface area contributed by atoms with Gasteiger partial charge in [-0.2, -0.15) is 0 Å². The molecule has 1 aromatic heterocycles. The normalized spacial score (nSPS) is 11.8. The summed E-state index contributed by atoms with van der Waals surface area (Å²) in [6, 6.07) is 58.8. The molecule has 6 nitrogen and oxygen atoms in total. The number of hydrogen-bond acceptors (Lipinski definition) is 5. The highest BCUT2D eigenvalue weighted by Gasteiger charge is 2.56. The van der Waals surface area contributed by atoms with Crippen LogP contribution in [0.4, 0.5) is 0 Å². The lowest BCUT2D eigenvalue weighted by atomic mass is 10.2. The first-order valence-electron chi connectivity index (χ1n) is 16.2. The number of aromatic nitrogens is 2. The average molecular weight is 689 g/mol. The second-order valence-corrected chi connectivity index (χ2v) is 18.5. The van der Waals surface area contributed by atoms with Crippen LogP contribution in [0.15, 0.2) is 187 Å². The van der Waals surface area contributed by atoms with Crippen LogP contribution in [0.2, 0.25) is 0 Å². The summed E-state index contributed by atoms with van der Waals surface area (Å²) in [5.74, 6) is -1.12. The summed E-state index contributed by atoms with van der Waals surface area (Å²) < 4.78 is 5.28. The molecule has 0 saturated heterocycles. The first kappa shape index (κ1) is 31.5. The van der Waals surface area contributed by atoms with Gasteiger partial charge in [0, 0.05) is 0 Å². The Morgan fingerprint density at radius 2 is 0.680 bits per heavy atom. The van der Waals surface area contributed by atoms with Crippen LogP contribution in [0.1, 0.15) is 0 Å². The fraction of sp³-hybridized carbons (Fsp3) is 0. The van der Waals surface area contributed by atoms with E-state index in [4.69, 9.17) is 4.63 Å². The van der Waals surface area contributed by atoms with Crippen LogP contribution < -0.4 is 57.6 Å². The molecular weight excluding hydrogens is 658 g/mol. The third-order valence-electron chi connectivity index (χ3n) is 9.23. The van der Waals surface area contributed by atoms with Crippen LogP contribution in [0.3, 0.4) is 0 Å². The van der Waals surface area contributed by atoms with E-state index in [2.05, 4.69) is 5.16 Å². The number of hydrogen-bond donors (Lipinski definition) is 0. The zero-order chi connectivity index (χ0) is 34.1. The Balaban J connectivity index is 1.66. The van der Waals surface area contributed by atoms with E-state index in [-0.39, 0.29) is 26.5 Å². The molecule has 0 amide bonds. The van der Waals surface area contributed by atoms with Crippen molar-refractivity contribution in [3.63, 3.8) is 0 Å². The molecule has 1 heterocycles. The molecule has 0 atom stereocenters. The number of nitrogens with zero attached hydrogens (tertiary/aromatic N) is 2. The summed E-state index contributed by atoms with van der Waals surface area (Å²) in [4.78, 5) is 0.176. The lowest BCUT2D eigenvalue weighted by Gasteiger charge is -2.36. The molecule has 242 valence electrons. The second kappa shape index (κ2) is 12.9. The smallest absolute Gasteiger partial charge is 0.290 e. The van der Waals surface area contributed by atoms with Gasteiger partial charge in [-0.1, -0.05) is 109 Å². The Hall–Kier alpha value is -5.80. The van der Waals surface area contributed by atoms with Gasteiger partial charge >= 0.3 is 0 Å². The van der Waals surface area contributed by atoms with Gasteiger partial charge < -0.3 is 15.4 Å². The predicted molar refractivity (Wildman–Crippen MR) is 201 cm³/mol. The molecule has 0 aliphatic carbocycles. The summed E-state index contributed by atoms with van der Waals surface area (Å²) in [6.45, 7) is 0. The SMILES string of the molecule is [O-]c1c([P+](c2ccccc2)(c2ccccc2)c2ccccc2)c([O-])c2c(no[n+]2[O-])c1[P+](c1ccccc1)(c1ccccc1)c1ccccc1. The van der Waals surface area contributed by atoms with E-state index in [9.17, 15) is 5.21 Å². The predicted octanol–water partition coefficient (Wildman–Crippen LogP) is 3.85. The second-order valence-electron chi connectivity index (χ2n) is 11.8. The Morgan fingerprint density at radius 1 is 0.400 bits per heavy atom. The number of fused-ring (bicyclic) bond motifs is 1. The number of benzene rings is 7. The van der Waals surface area contributed by atoms with Gasteiger partial charge in [0.05, 0.1) is 5.16 Å². The van der Waals surface area contributed by atoms with E-state index in [0.29, 0.717) is 0 Å². The molecule has 0 N–H and O–H groups in total. The van der Waals surface area contributed by atoms with Gasteiger partial charge in [-0.15, -0.1) is 0 Å². The molecule has 8 heteroatoms. The van der Waals surface area contributed by atoms with Crippen molar-refractivity contribution < 1.29 is 19.7 Å². The van der Waals surface area contributed by atoms with Gasteiger partial charge in [-0.25, -0.2) is 0 Å². The maximum Gasteiger partial charge on any atom is 0.290 e. The molecule has 0 radical (unpaired) electrons. The molecule has 0 fully saturated rings. The van der Waals surface area contributed by atoms with Gasteiger partial charge in [-0.05, 0) is 89.2 Å². The third-order valence-corrected chi connectivity index (χ3v) is 17.8. The monoisotopic (exact) mass is 688 g/mol. The highest BCUT2D eigenvalue weighted by molar-refractivity contribution is 8.03. The Labute approximate surface area is 290 Å². The summed E-state index contributed by atoms with van der Waals surface area (Å²) in [6.07, 6.45) is 0. The molecule has 8 aromatic rings. The molecule has 50 heavy (non-hydrogen) atoms. The van der Waals surface area contributed by atoms with Gasteiger partial charge in [0.2, 0.25) is 5.52 Å². The van der Waals surface area contributed by atoms with E-state index in [0.717, 1.165) is 31.8 Å². The van der Waals surface area contributed by atoms with Crippen LogP contribution in [0, 0.1) is 5.21 Å². The molecule has 7 aromatic carbocycles. The first-order chi connectivity index (χ1) is 24.6. The van der Waals surface area contributed by atoms with Crippen molar-refractivity contribution in [2.45, 2.75) is 0 Å². The quantitative estimate of drug-likeness (QED) is 0.179. The molecule has 0 aliphatic heterocycles. The Kier molecular flexibility index (Phi) is 8.12. The van der Waals surface area contributed by atoms with Gasteiger partial charge in [0.15, 0.2) is 5.30 Å². The van der Waals surface area contributed by atoms with Gasteiger partial charge in [0.1, 0.15) is 51.7 Å². The Morgan fingerprint density at radius 3 is 0.980 bits per heavy atom. The fourth-order valence-electron chi connectivity index (χ4n) is 7.22. The highest BCUT2D eigenvalue weighted by Crippen LogP contribution is 2.62. The molecule has 0 unspecified atom stereocenters. The maximum absolute atomic E-state index is 16.2. The topological polar surface area (TPSA) is 99.1 Å². The highest BCUT2D eigenvalue weighted by atomic mass is 31.2. The van der Waals surface area contributed by atoms with Crippen molar-refractivity contribution in [3.05, 3.63) is 187 Å². The van der Waals surface area contributed by atoms with E-state index in [1.54, 1.807) is 0 Å². The minimum absolute atomic E-state index is 0.0177. The molecule has 0 aliphatic rings. The molecule has 8 rings (SSSR count). The van der Waals surface area contributed by atoms with Crippen molar-refractivity contribution in [3.8, 4) is 11.5 Å². The van der Waals surface area contributed by atoms with Crippen LogP contribution in [0.5, 0.6) is 11.5 Å². The standard InChI is InChI=1S/C42H30N2O4P2/c45-39-38-37(43-48-44(38)47)41(49(31-19-7-1-8-20-31,32-21-9-2-10-22-32)33-23-11-3-12-24-33)40(46)42(39)50(34-25-13-4-14-26-34,35-27-15-5-16-28-35)36-29-17-6-18-30-36/h1-30H. The van der Waals surface area contributed by atoms with Crippen LogP contribution in [-0.4, -0.2) is 5.16 Å². The molecule has 0 saturated carbocycles. The van der Waals surface area contributed by atoms with Crippen molar-refractivity contribution in [2.24, 2.45) is 0 Å². The van der Waals surface area contributed by atoms with E-state index in [1.165, 1.54) is 0 Å². The number of rotatable bonds is 8. The maximum atomic E-state index is 16.2. The summed E-state index contributed by atoms with van der Waals surface area (Å²) in [7, 11) is -6.46. The minimum Gasteiger partial charge on any atom is -0.867 e. The zero-order valence-corrected chi connectivity index (χ0v) is 28.5. The van der Waals surface area contributed by atoms with Gasteiger partial charge in [0.25, 0.3) is 5.52 Å². The molecule has 0 bridgehead atoms. The lowest BCUT2D eigenvalue weighted by Crippen LogP contribution is -2.46. The first-order valence-corrected chi connectivity index (χ1v) is 19.7. The zero-order valence-electron chi connectivity index (χ0n) is 26.7. The Bertz CT molecular complexity index is 2200. The third kappa shape index (κ3) is 4.72. The van der Waals surface area contributed by atoms with Crippen molar-refractivity contribution in [1.82, 2.24) is 5.16 Å². The van der Waals surface area contributed by atoms with Crippen molar-refractivity contribution >= 4 is 68.0 Å². The molecule has 0 spiro atoms. The summed E-state index contributed by atoms with van der Waals surface area (Å²) >= 11 is 0. The van der Waals surface area contributed by atoms with Crippen molar-refractivity contribution in [1.29, 1.82) is 0 Å². The molecular formula is C42H30N2O4P2. The van der Waals surface area contributed by atoms with E-state index in [1.807, 2.05) is 182 Å².